The fourth-order valence-electron chi connectivity index (χ4n) is 1.83. The summed E-state index contributed by atoms with van der Waals surface area (Å²) in [5.41, 5.74) is -0.368. The van der Waals surface area contributed by atoms with Gasteiger partial charge in [0.25, 0.3) is 5.56 Å². The molecule has 2 heterocycles. The molecule has 0 fully saturated rings. The van der Waals surface area contributed by atoms with Gasteiger partial charge in [-0.05, 0) is 17.5 Å². The van der Waals surface area contributed by atoms with Gasteiger partial charge in [0.1, 0.15) is 0 Å². The number of hydrogen-bond donors (Lipinski definition) is 2. The van der Waals surface area contributed by atoms with Crippen LogP contribution in [0.3, 0.4) is 0 Å². The molecule has 2 aromatic heterocycles. The largest absolute Gasteiger partial charge is 0.326 e. The van der Waals surface area contributed by atoms with Crippen LogP contribution in [0.1, 0.15) is 0 Å². The molecule has 3 rings (SSSR count). The molecular weight excluding hydrogens is 206 g/mol. The van der Waals surface area contributed by atoms with Crippen LogP contribution in [0, 0.1) is 0 Å². The fourth-order valence-corrected chi connectivity index (χ4v) is 1.83. The van der Waals surface area contributed by atoms with Crippen molar-refractivity contribution in [1.82, 2.24) is 15.0 Å². The molecule has 78 valence electrons. The first-order valence-electron chi connectivity index (χ1n) is 4.75. The van der Waals surface area contributed by atoms with Crippen LogP contribution in [0.5, 0.6) is 0 Å². The molecule has 0 saturated heterocycles. The molecule has 0 aliphatic rings. The standard InChI is InChI=1S/C11H7N3O2/c15-10-9-7-5-12-4-3-6(7)1-2-8(9)13-11(16)14-10/h1-5H,(H2,13,14,15,16). The lowest BCUT2D eigenvalue weighted by Crippen LogP contribution is -2.21. The zero-order valence-corrected chi connectivity index (χ0v) is 8.15. The highest BCUT2D eigenvalue weighted by Crippen LogP contribution is 2.18. The van der Waals surface area contributed by atoms with E-state index in [0.29, 0.717) is 10.9 Å². The predicted molar refractivity (Wildman–Crippen MR) is 60.5 cm³/mol. The van der Waals surface area contributed by atoms with Gasteiger partial charge in [0.15, 0.2) is 0 Å². The molecule has 0 unspecified atom stereocenters. The van der Waals surface area contributed by atoms with E-state index in [1.807, 2.05) is 12.1 Å². The van der Waals surface area contributed by atoms with Gasteiger partial charge in [-0.2, -0.15) is 0 Å². The van der Waals surface area contributed by atoms with E-state index < -0.39 is 11.2 Å². The lowest BCUT2D eigenvalue weighted by atomic mass is 10.1. The van der Waals surface area contributed by atoms with Crippen LogP contribution in [0.25, 0.3) is 21.7 Å². The molecule has 0 bridgehead atoms. The first-order valence-corrected chi connectivity index (χ1v) is 4.75. The zero-order chi connectivity index (χ0) is 11.1. The lowest BCUT2D eigenvalue weighted by molar-refractivity contribution is 1.08. The molecule has 0 radical (unpaired) electrons. The van der Waals surface area contributed by atoms with Crippen LogP contribution < -0.4 is 11.2 Å². The normalized spacial score (nSPS) is 11.0. The average molecular weight is 213 g/mol. The number of benzene rings is 1. The van der Waals surface area contributed by atoms with Gasteiger partial charge in [-0.25, -0.2) is 4.79 Å². The number of nitrogens with zero attached hydrogens (tertiary/aromatic N) is 1. The van der Waals surface area contributed by atoms with Crippen molar-refractivity contribution in [1.29, 1.82) is 0 Å². The molecule has 0 aliphatic carbocycles. The van der Waals surface area contributed by atoms with E-state index in [9.17, 15) is 9.59 Å². The number of H-pyrrole nitrogens is 2. The van der Waals surface area contributed by atoms with Gasteiger partial charge in [-0.3, -0.25) is 14.8 Å². The number of hydrogen-bond acceptors (Lipinski definition) is 3. The predicted octanol–water partition coefficient (Wildman–Crippen LogP) is 0.765. The summed E-state index contributed by atoms with van der Waals surface area (Å²) in [5.74, 6) is 0. The SMILES string of the molecule is O=c1[nH]c(=O)c2c(ccc3ccncc32)[nH]1. The summed E-state index contributed by atoms with van der Waals surface area (Å²) in [5, 5.41) is 2.11. The minimum atomic E-state index is -0.499. The van der Waals surface area contributed by atoms with E-state index >= 15 is 0 Å². The fraction of sp³-hybridized carbons (Fsp3) is 0. The summed E-state index contributed by atoms with van der Waals surface area (Å²) in [6.07, 6.45) is 3.28. The van der Waals surface area contributed by atoms with Crippen LogP contribution in [0.15, 0.2) is 40.2 Å². The molecule has 0 amide bonds. The lowest BCUT2D eigenvalue weighted by Gasteiger charge is -2.00. The van der Waals surface area contributed by atoms with Crippen LogP contribution in [0.4, 0.5) is 0 Å². The molecular formula is C11H7N3O2. The van der Waals surface area contributed by atoms with Gasteiger partial charge in [-0.1, -0.05) is 6.07 Å². The van der Waals surface area contributed by atoms with Crippen LogP contribution >= 0.6 is 0 Å². The van der Waals surface area contributed by atoms with Crippen molar-refractivity contribution < 1.29 is 0 Å². The Morgan fingerprint density at radius 2 is 1.94 bits per heavy atom. The molecule has 5 nitrogen and oxygen atoms in total. The van der Waals surface area contributed by atoms with Crippen molar-refractivity contribution >= 4 is 21.7 Å². The summed E-state index contributed by atoms with van der Waals surface area (Å²) in [6, 6.07) is 5.38. The zero-order valence-electron chi connectivity index (χ0n) is 8.15. The first kappa shape index (κ1) is 8.84. The summed E-state index contributed by atoms with van der Waals surface area (Å²) >= 11 is 0. The van der Waals surface area contributed by atoms with Crippen molar-refractivity contribution in [2.75, 3.05) is 0 Å². The number of pyridine rings is 1. The molecule has 16 heavy (non-hydrogen) atoms. The number of nitrogens with one attached hydrogen (secondary N) is 2. The Morgan fingerprint density at radius 3 is 2.81 bits per heavy atom. The van der Waals surface area contributed by atoms with Gasteiger partial charge in [-0.15, -0.1) is 0 Å². The Labute approximate surface area is 88.8 Å². The third kappa shape index (κ3) is 1.15. The Hall–Kier alpha value is -2.43. The summed E-state index contributed by atoms with van der Waals surface area (Å²) < 4.78 is 0. The summed E-state index contributed by atoms with van der Waals surface area (Å²) in [6.45, 7) is 0. The molecule has 5 heteroatoms. The minimum Gasteiger partial charge on any atom is -0.307 e. The van der Waals surface area contributed by atoms with E-state index in [1.54, 1.807) is 18.5 Å². The minimum absolute atomic E-state index is 0.391. The number of fused-ring (bicyclic) bond motifs is 3. The van der Waals surface area contributed by atoms with E-state index in [4.69, 9.17) is 0 Å². The highest BCUT2D eigenvalue weighted by Gasteiger charge is 2.05. The molecule has 0 atom stereocenters. The Bertz CT molecular complexity index is 801. The molecule has 3 aromatic rings. The third-order valence-electron chi connectivity index (χ3n) is 2.53. The number of rotatable bonds is 0. The van der Waals surface area contributed by atoms with Crippen LogP contribution in [-0.4, -0.2) is 15.0 Å². The Kier molecular flexibility index (Phi) is 1.67. The maximum absolute atomic E-state index is 11.7. The van der Waals surface area contributed by atoms with Crippen molar-refractivity contribution in [2.45, 2.75) is 0 Å². The Balaban J connectivity index is 2.71. The van der Waals surface area contributed by atoms with Crippen LogP contribution in [0.2, 0.25) is 0 Å². The van der Waals surface area contributed by atoms with Gasteiger partial charge in [0.2, 0.25) is 0 Å². The van der Waals surface area contributed by atoms with Gasteiger partial charge in [0.05, 0.1) is 10.9 Å². The third-order valence-corrected chi connectivity index (χ3v) is 2.53. The molecule has 0 aliphatic heterocycles. The van der Waals surface area contributed by atoms with Crippen molar-refractivity contribution in [3.8, 4) is 0 Å². The van der Waals surface area contributed by atoms with E-state index in [1.165, 1.54) is 0 Å². The summed E-state index contributed by atoms with van der Waals surface area (Å²) in [4.78, 5) is 31.6. The van der Waals surface area contributed by atoms with Crippen molar-refractivity contribution in [3.63, 3.8) is 0 Å². The van der Waals surface area contributed by atoms with E-state index in [0.717, 1.165) is 10.8 Å². The number of aromatic amines is 2. The van der Waals surface area contributed by atoms with Gasteiger partial charge >= 0.3 is 5.69 Å². The molecule has 1 aromatic carbocycles. The van der Waals surface area contributed by atoms with E-state index in [2.05, 4.69) is 15.0 Å². The smallest absolute Gasteiger partial charge is 0.307 e. The summed E-state index contributed by atoms with van der Waals surface area (Å²) in [7, 11) is 0. The monoisotopic (exact) mass is 213 g/mol. The van der Waals surface area contributed by atoms with E-state index in [-0.39, 0.29) is 0 Å². The quantitative estimate of drug-likeness (QED) is 0.541. The second kappa shape index (κ2) is 3.03. The molecule has 2 N–H and O–H groups in total. The van der Waals surface area contributed by atoms with Gasteiger partial charge < -0.3 is 4.98 Å². The maximum Gasteiger partial charge on any atom is 0.326 e. The van der Waals surface area contributed by atoms with Crippen molar-refractivity contribution in [3.05, 3.63) is 51.4 Å². The van der Waals surface area contributed by atoms with Crippen LogP contribution in [-0.2, 0) is 0 Å². The number of aromatic nitrogens is 3. The Morgan fingerprint density at radius 1 is 1.06 bits per heavy atom. The molecule has 0 spiro atoms. The second-order valence-corrected chi connectivity index (χ2v) is 3.49. The van der Waals surface area contributed by atoms with Crippen molar-refractivity contribution in [2.24, 2.45) is 0 Å². The average Bonchev–Trinajstić information content (AvgIpc) is 2.28. The highest BCUT2D eigenvalue weighted by atomic mass is 16.2. The molecule has 0 saturated carbocycles. The second-order valence-electron chi connectivity index (χ2n) is 3.49. The highest BCUT2D eigenvalue weighted by molar-refractivity contribution is 6.04. The topological polar surface area (TPSA) is 78.6 Å². The maximum atomic E-state index is 11.7. The van der Waals surface area contributed by atoms with Gasteiger partial charge in [0, 0.05) is 17.8 Å². The first-order chi connectivity index (χ1) is 7.75.